The summed E-state index contributed by atoms with van der Waals surface area (Å²) in [4.78, 5) is 26.4. The van der Waals surface area contributed by atoms with E-state index >= 15 is 0 Å². The van der Waals surface area contributed by atoms with Crippen LogP contribution in [0, 0.1) is 5.92 Å². The molecule has 0 spiro atoms. The fraction of sp³-hybridized carbons (Fsp3) is 0.387. The monoisotopic (exact) mass is 562 g/mol. The molecule has 8 nitrogen and oxygen atoms in total. The van der Waals surface area contributed by atoms with Crippen LogP contribution in [0.3, 0.4) is 0 Å². The molecule has 1 saturated carbocycles. The van der Waals surface area contributed by atoms with Crippen LogP contribution in [0.5, 0.6) is 17.4 Å². The zero-order chi connectivity index (χ0) is 28.1. The number of nitrogens with one attached hydrogen (secondary N) is 1. The van der Waals surface area contributed by atoms with Gasteiger partial charge in [0.25, 0.3) is 0 Å². The summed E-state index contributed by atoms with van der Waals surface area (Å²) < 4.78 is 11.9. The highest BCUT2D eigenvalue weighted by Crippen LogP contribution is 2.35. The van der Waals surface area contributed by atoms with Gasteiger partial charge in [0, 0.05) is 30.1 Å². The molecular weight excluding hydrogens is 528 g/mol. The minimum absolute atomic E-state index is 0.225. The second-order valence-electron chi connectivity index (χ2n) is 10.3. The molecule has 1 aliphatic carbocycles. The second kappa shape index (κ2) is 12.8. The van der Waals surface area contributed by atoms with Gasteiger partial charge in [0.1, 0.15) is 42.0 Å². The topological polar surface area (TPSA) is 101 Å². The number of aromatic nitrogens is 3. The Balaban J connectivity index is 1.24. The number of carbonyl (C=O) groups is 1. The van der Waals surface area contributed by atoms with Crippen LogP contribution < -0.4 is 9.47 Å². The van der Waals surface area contributed by atoms with Crippen LogP contribution in [0.15, 0.2) is 54.9 Å². The number of H-pyrrole nitrogens is 1. The van der Waals surface area contributed by atoms with Crippen molar-refractivity contribution in [1.82, 2.24) is 19.9 Å². The van der Waals surface area contributed by atoms with E-state index in [0.717, 1.165) is 48.1 Å². The number of aromatic amines is 1. The van der Waals surface area contributed by atoms with Gasteiger partial charge in [-0.3, -0.25) is 4.79 Å². The number of nitrogens with zero attached hydrogens (tertiary/aromatic N) is 3. The zero-order valence-corrected chi connectivity index (χ0v) is 23.7. The quantitative estimate of drug-likeness (QED) is 0.192. The van der Waals surface area contributed by atoms with E-state index in [1.54, 1.807) is 6.07 Å². The van der Waals surface area contributed by atoms with Gasteiger partial charge in [0.2, 0.25) is 5.88 Å². The van der Waals surface area contributed by atoms with Crippen LogP contribution in [-0.2, 0) is 11.2 Å². The first-order valence-corrected chi connectivity index (χ1v) is 14.2. The summed E-state index contributed by atoms with van der Waals surface area (Å²) in [5.74, 6) is 2.42. The first kappa shape index (κ1) is 28.1. The van der Waals surface area contributed by atoms with E-state index in [9.17, 15) is 9.90 Å². The molecule has 9 heteroatoms. The van der Waals surface area contributed by atoms with Crippen molar-refractivity contribution in [2.45, 2.75) is 45.6 Å². The van der Waals surface area contributed by atoms with E-state index < -0.39 is 6.10 Å². The summed E-state index contributed by atoms with van der Waals surface area (Å²) in [6.45, 7) is 6.77. The molecule has 40 heavy (non-hydrogen) atoms. The van der Waals surface area contributed by atoms with Gasteiger partial charge in [-0.05, 0) is 85.4 Å². The molecule has 0 radical (unpaired) electrons. The van der Waals surface area contributed by atoms with Gasteiger partial charge in [-0.15, -0.1) is 0 Å². The lowest BCUT2D eigenvalue weighted by molar-refractivity contribution is -0.118. The maximum Gasteiger partial charge on any atom is 0.231 e. The number of fused-ring (bicyclic) bond motifs is 1. The Labute approximate surface area is 239 Å². The molecule has 2 aromatic carbocycles. The van der Waals surface area contributed by atoms with Crippen molar-refractivity contribution in [3.63, 3.8) is 0 Å². The van der Waals surface area contributed by atoms with Crippen molar-refractivity contribution in [3.05, 3.63) is 65.4 Å². The van der Waals surface area contributed by atoms with Crippen LogP contribution in [0.1, 0.15) is 38.7 Å². The molecule has 0 amide bonds. The van der Waals surface area contributed by atoms with Crippen molar-refractivity contribution in [2.75, 3.05) is 26.2 Å². The van der Waals surface area contributed by atoms with E-state index in [2.05, 4.69) is 33.7 Å². The van der Waals surface area contributed by atoms with Crippen LogP contribution in [-0.4, -0.2) is 63.1 Å². The summed E-state index contributed by atoms with van der Waals surface area (Å²) in [5.41, 5.74) is 3.26. The van der Waals surface area contributed by atoms with E-state index in [1.807, 2.05) is 42.5 Å². The molecule has 0 aliphatic heterocycles. The SMILES string of the molecule is CCN(CC)C[C@H](O)COc1ccc(-c2cc3c(Oc4ccc(CC(=O)CC5CC5)c(Cl)c4)ncnc3[nH]2)cc1. The highest BCUT2D eigenvalue weighted by molar-refractivity contribution is 6.31. The summed E-state index contributed by atoms with van der Waals surface area (Å²) in [7, 11) is 0. The molecule has 0 saturated heterocycles. The smallest absolute Gasteiger partial charge is 0.231 e. The maximum absolute atomic E-state index is 12.3. The van der Waals surface area contributed by atoms with Gasteiger partial charge in [-0.2, -0.15) is 0 Å². The Hall–Kier alpha value is -3.46. The summed E-state index contributed by atoms with van der Waals surface area (Å²) in [5, 5.41) is 11.5. The number of rotatable bonds is 14. The lowest BCUT2D eigenvalue weighted by Crippen LogP contribution is -2.35. The van der Waals surface area contributed by atoms with Crippen LogP contribution in [0.4, 0.5) is 0 Å². The number of Topliss-reactive ketones (excluding diaryl/α,β-unsaturated/α-hetero) is 1. The molecule has 2 N–H and O–H groups in total. The number of hydrogen-bond donors (Lipinski definition) is 2. The van der Waals surface area contributed by atoms with Gasteiger partial charge >= 0.3 is 0 Å². The first-order valence-electron chi connectivity index (χ1n) is 13.9. The Morgan fingerprint density at radius 2 is 1.85 bits per heavy atom. The fourth-order valence-electron chi connectivity index (χ4n) is 4.68. The molecule has 2 aromatic heterocycles. The molecule has 1 fully saturated rings. The number of carbonyl (C=O) groups excluding carboxylic acids is 1. The van der Waals surface area contributed by atoms with Gasteiger partial charge in [-0.1, -0.05) is 31.5 Å². The van der Waals surface area contributed by atoms with Gasteiger partial charge < -0.3 is 24.5 Å². The molecule has 1 atom stereocenters. The number of aliphatic hydroxyl groups excluding tert-OH is 1. The van der Waals surface area contributed by atoms with Crippen molar-refractivity contribution in [1.29, 1.82) is 0 Å². The van der Waals surface area contributed by atoms with Gasteiger partial charge in [0.05, 0.1) is 5.39 Å². The predicted molar refractivity (Wildman–Crippen MR) is 156 cm³/mol. The van der Waals surface area contributed by atoms with E-state index in [0.29, 0.717) is 53.4 Å². The standard InChI is InChI=1S/C31H35ClN4O4/c1-3-36(4-2)17-24(38)18-39-25-10-7-21(8-11-25)29-16-27-30(35-29)33-19-34-31(27)40-26-12-9-22(28(32)15-26)14-23(37)13-20-5-6-20/h7-12,15-16,19-20,24,38H,3-6,13-14,17-18H2,1-2H3,(H,33,34,35)/t24-/m0/s1. The Bertz CT molecular complexity index is 1450. The average Bonchev–Trinajstić information content (AvgIpc) is 3.66. The largest absolute Gasteiger partial charge is 0.491 e. The molecule has 2 heterocycles. The molecule has 4 aromatic rings. The number of benzene rings is 2. The predicted octanol–water partition coefficient (Wildman–Crippen LogP) is 6.06. The first-order chi connectivity index (χ1) is 19.4. The lowest BCUT2D eigenvalue weighted by Gasteiger charge is -2.21. The summed E-state index contributed by atoms with van der Waals surface area (Å²) >= 11 is 6.48. The Morgan fingerprint density at radius 1 is 1.10 bits per heavy atom. The Morgan fingerprint density at radius 3 is 2.55 bits per heavy atom. The van der Waals surface area contributed by atoms with Crippen molar-refractivity contribution in [2.24, 2.45) is 5.92 Å². The van der Waals surface area contributed by atoms with Crippen LogP contribution in [0.2, 0.25) is 5.02 Å². The minimum atomic E-state index is -0.550. The fourth-order valence-corrected chi connectivity index (χ4v) is 4.92. The lowest BCUT2D eigenvalue weighted by atomic mass is 10.0. The molecule has 1 aliphatic rings. The minimum Gasteiger partial charge on any atom is -0.491 e. The number of ether oxygens (including phenoxy) is 2. The van der Waals surface area contributed by atoms with Gasteiger partial charge in [-0.25, -0.2) is 9.97 Å². The number of halogens is 1. The Kier molecular flexibility index (Phi) is 8.99. The summed E-state index contributed by atoms with van der Waals surface area (Å²) in [6.07, 6.45) is 4.19. The highest BCUT2D eigenvalue weighted by atomic mass is 35.5. The van der Waals surface area contributed by atoms with Crippen molar-refractivity contribution in [3.8, 4) is 28.6 Å². The van der Waals surface area contributed by atoms with Gasteiger partial charge in [0.15, 0.2) is 0 Å². The molecule has 210 valence electrons. The van der Waals surface area contributed by atoms with Crippen molar-refractivity contribution >= 4 is 28.4 Å². The third-order valence-electron chi connectivity index (χ3n) is 7.20. The van der Waals surface area contributed by atoms with Crippen LogP contribution in [0.25, 0.3) is 22.3 Å². The van der Waals surface area contributed by atoms with E-state index in [-0.39, 0.29) is 12.4 Å². The number of aliphatic hydroxyl groups is 1. The van der Waals surface area contributed by atoms with Crippen LogP contribution >= 0.6 is 11.6 Å². The second-order valence-corrected chi connectivity index (χ2v) is 10.7. The van der Waals surface area contributed by atoms with Crippen molar-refractivity contribution < 1.29 is 19.4 Å². The molecule has 5 rings (SSSR count). The number of hydrogen-bond acceptors (Lipinski definition) is 7. The third kappa shape index (κ3) is 7.18. The highest BCUT2D eigenvalue weighted by Gasteiger charge is 2.24. The average molecular weight is 563 g/mol. The maximum atomic E-state index is 12.3. The molecule has 0 unspecified atom stereocenters. The molecular formula is C31H35ClN4O4. The summed E-state index contributed by atoms with van der Waals surface area (Å²) in [6, 6.07) is 15.0. The van der Waals surface area contributed by atoms with E-state index in [1.165, 1.54) is 6.33 Å². The number of ketones is 1. The zero-order valence-electron chi connectivity index (χ0n) is 22.9. The van der Waals surface area contributed by atoms with E-state index in [4.69, 9.17) is 21.1 Å². The number of likely N-dealkylation sites (N-methyl/N-ethyl adjacent to an activating group) is 1. The normalized spacial score (nSPS) is 14.0. The molecule has 0 bridgehead atoms. The third-order valence-corrected chi connectivity index (χ3v) is 7.55.